The molecule has 36 heavy (non-hydrogen) atoms. The van der Waals surface area contributed by atoms with Crippen molar-refractivity contribution < 1.29 is 17.9 Å². The normalized spacial score (nSPS) is 16.8. The quantitative estimate of drug-likeness (QED) is 0.425. The van der Waals surface area contributed by atoms with E-state index in [2.05, 4.69) is 10.4 Å². The number of sulfone groups is 1. The van der Waals surface area contributed by atoms with Crippen molar-refractivity contribution in [3.8, 4) is 17.0 Å². The first kappa shape index (κ1) is 24.0. The van der Waals surface area contributed by atoms with Crippen LogP contribution in [0.3, 0.4) is 0 Å². The van der Waals surface area contributed by atoms with E-state index >= 15 is 0 Å². The number of amides is 1. The fraction of sp³-hybridized carbons (Fsp3) is 0.296. The van der Waals surface area contributed by atoms with Gasteiger partial charge < -0.3 is 10.1 Å². The first-order chi connectivity index (χ1) is 17.1. The Labute approximate surface area is 210 Å². The van der Waals surface area contributed by atoms with Crippen LogP contribution in [0, 0.1) is 20.8 Å². The molecule has 2 aromatic carbocycles. The van der Waals surface area contributed by atoms with Crippen LogP contribution in [0.15, 0.2) is 48.5 Å². The number of nitrogens with zero attached hydrogens (tertiary/aromatic N) is 3. The van der Waals surface area contributed by atoms with Gasteiger partial charge in [-0.3, -0.25) is 4.79 Å². The zero-order valence-electron chi connectivity index (χ0n) is 20.7. The van der Waals surface area contributed by atoms with E-state index in [0.29, 0.717) is 40.2 Å². The molecule has 4 aromatic rings. The molecule has 186 valence electrons. The lowest BCUT2D eigenvalue weighted by atomic mass is 10.0. The summed E-state index contributed by atoms with van der Waals surface area (Å²) in [6.45, 7) is 5.75. The third-order valence-corrected chi connectivity index (χ3v) is 8.41. The summed E-state index contributed by atoms with van der Waals surface area (Å²) in [6, 6.07) is 14.8. The summed E-state index contributed by atoms with van der Waals surface area (Å²) < 4.78 is 31.4. The van der Waals surface area contributed by atoms with Crippen molar-refractivity contribution in [3.05, 3.63) is 70.9 Å². The third kappa shape index (κ3) is 4.46. The van der Waals surface area contributed by atoms with Gasteiger partial charge in [-0.1, -0.05) is 12.1 Å². The minimum Gasteiger partial charge on any atom is -0.497 e. The summed E-state index contributed by atoms with van der Waals surface area (Å²) in [7, 11) is -1.53. The van der Waals surface area contributed by atoms with Crippen molar-refractivity contribution in [2.75, 3.05) is 23.9 Å². The average Bonchev–Trinajstić information content (AvgIpc) is 3.39. The molecule has 0 bridgehead atoms. The standard InChI is InChI=1S/C27H28N4O4S/c1-16-5-6-17(2)23(13-16)29-27(32)22-14-24(19-7-9-21(35-4)10-8-19)28-26-25(22)18(3)30-31(26)20-11-12-36(33,34)15-20/h5-10,13-14,20H,11-12,15H2,1-4H3,(H,29,32). The number of methoxy groups -OCH3 is 1. The molecule has 1 N–H and O–H groups in total. The maximum Gasteiger partial charge on any atom is 0.256 e. The maximum absolute atomic E-state index is 13.7. The van der Waals surface area contributed by atoms with Gasteiger partial charge in [0.1, 0.15) is 5.75 Å². The Kier molecular flexibility index (Phi) is 6.04. The number of carbonyl (C=O) groups excluding carboxylic acids is 1. The molecular formula is C27H28N4O4S. The number of anilines is 1. The van der Waals surface area contributed by atoms with Crippen LogP contribution in [0.25, 0.3) is 22.3 Å². The summed E-state index contributed by atoms with van der Waals surface area (Å²) >= 11 is 0. The molecule has 1 atom stereocenters. The number of hydrogen-bond acceptors (Lipinski definition) is 6. The van der Waals surface area contributed by atoms with Gasteiger partial charge in [-0.15, -0.1) is 0 Å². The van der Waals surface area contributed by atoms with Crippen molar-refractivity contribution in [2.24, 2.45) is 0 Å². The van der Waals surface area contributed by atoms with Crippen LogP contribution in [0.5, 0.6) is 5.75 Å². The smallest absolute Gasteiger partial charge is 0.256 e. The van der Waals surface area contributed by atoms with E-state index in [1.807, 2.05) is 63.2 Å². The maximum atomic E-state index is 13.7. The van der Waals surface area contributed by atoms with E-state index < -0.39 is 9.84 Å². The van der Waals surface area contributed by atoms with Gasteiger partial charge in [0.05, 0.1) is 47.0 Å². The highest BCUT2D eigenvalue weighted by molar-refractivity contribution is 7.91. The minimum atomic E-state index is -3.13. The van der Waals surface area contributed by atoms with E-state index in [9.17, 15) is 13.2 Å². The number of hydrogen-bond donors (Lipinski definition) is 1. The molecule has 0 spiro atoms. The first-order valence-electron chi connectivity index (χ1n) is 11.8. The monoisotopic (exact) mass is 504 g/mol. The second-order valence-electron chi connectivity index (χ2n) is 9.34. The van der Waals surface area contributed by atoms with E-state index in [1.165, 1.54) is 0 Å². The number of carbonyl (C=O) groups is 1. The van der Waals surface area contributed by atoms with Gasteiger partial charge in [-0.25, -0.2) is 18.1 Å². The number of aromatic nitrogens is 3. The van der Waals surface area contributed by atoms with Gasteiger partial charge >= 0.3 is 0 Å². The predicted molar refractivity (Wildman–Crippen MR) is 140 cm³/mol. The number of nitrogens with one attached hydrogen (secondary N) is 1. The van der Waals surface area contributed by atoms with Crippen LogP contribution >= 0.6 is 0 Å². The Hall–Kier alpha value is -3.72. The summed E-state index contributed by atoms with van der Waals surface area (Å²) in [4.78, 5) is 18.6. The van der Waals surface area contributed by atoms with Crippen molar-refractivity contribution in [2.45, 2.75) is 33.2 Å². The van der Waals surface area contributed by atoms with Crippen molar-refractivity contribution in [1.29, 1.82) is 0 Å². The highest BCUT2D eigenvalue weighted by Gasteiger charge is 2.32. The van der Waals surface area contributed by atoms with E-state index in [1.54, 1.807) is 17.9 Å². The Morgan fingerprint density at radius 1 is 1.08 bits per heavy atom. The fourth-order valence-electron chi connectivity index (χ4n) is 4.68. The lowest BCUT2D eigenvalue weighted by Crippen LogP contribution is -2.15. The first-order valence-corrected chi connectivity index (χ1v) is 13.6. The van der Waals surface area contributed by atoms with Gasteiger partial charge in [0.15, 0.2) is 15.5 Å². The molecule has 0 saturated carbocycles. The second kappa shape index (κ2) is 9.05. The largest absolute Gasteiger partial charge is 0.497 e. The van der Waals surface area contributed by atoms with Gasteiger partial charge in [0.25, 0.3) is 5.91 Å². The number of benzene rings is 2. The van der Waals surface area contributed by atoms with Crippen molar-refractivity contribution >= 4 is 32.5 Å². The van der Waals surface area contributed by atoms with Gasteiger partial charge in [-0.05, 0) is 74.7 Å². The highest BCUT2D eigenvalue weighted by atomic mass is 32.2. The summed E-state index contributed by atoms with van der Waals surface area (Å²) in [5.41, 5.74) is 5.72. The molecule has 1 unspecified atom stereocenters. The lowest BCUT2D eigenvalue weighted by molar-refractivity contribution is 0.102. The summed E-state index contributed by atoms with van der Waals surface area (Å²) in [5.74, 6) is 0.579. The molecule has 0 aliphatic carbocycles. The van der Waals surface area contributed by atoms with E-state index in [0.717, 1.165) is 22.4 Å². The van der Waals surface area contributed by atoms with Gasteiger partial charge in [-0.2, -0.15) is 5.10 Å². The predicted octanol–water partition coefficient (Wildman–Crippen LogP) is 4.64. The molecule has 3 heterocycles. The molecule has 1 fully saturated rings. The van der Waals surface area contributed by atoms with Crippen LogP contribution in [0.1, 0.15) is 39.6 Å². The zero-order valence-corrected chi connectivity index (χ0v) is 21.5. The van der Waals surface area contributed by atoms with Crippen LogP contribution < -0.4 is 10.1 Å². The summed E-state index contributed by atoms with van der Waals surface area (Å²) in [5, 5.41) is 8.35. The highest BCUT2D eigenvalue weighted by Crippen LogP contribution is 2.33. The third-order valence-electron chi connectivity index (χ3n) is 6.66. The topological polar surface area (TPSA) is 103 Å². The molecule has 9 heteroatoms. The van der Waals surface area contributed by atoms with E-state index in [-0.39, 0.29) is 23.5 Å². The van der Waals surface area contributed by atoms with E-state index in [4.69, 9.17) is 9.72 Å². The molecule has 1 amide bonds. The Morgan fingerprint density at radius 2 is 1.83 bits per heavy atom. The molecule has 2 aromatic heterocycles. The van der Waals surface area contributed by atoms with Crippen molar-refractivity contribution in [3.63, 3.8) is 0 Å². The number of aryl methyl sites for hydroxylation is 3. The number of rotatable bonds is 5. The fourth-order valence-corrected chi connectivity index (χ4v) is 6.38. The number of pyridine rings is 1. The minimum absolute atomic E-state index is 0.0156. The molecule has 1 aliphatic rings. The van der Waals surface area contributed by atoms with Crippen LogP contribution in [0.4, 0.5) is 5.69 Å². The van der Waals surface area contributed by atoms with Gasteiger partial charge in [0.2, 0.25) is 0 Å². The zero-order chi connectivity index (χ0) is 25.6. The molecule has 5 rings (SSSR count). The second-order valence-corrected chi connectivity index (χ2v) is 11.6. The molecule has 1 aliphatic heterocycles. The molecular weight excluding hydrogens is 476 g/mol. The number of ether oxygens (including phenoxy) is 1. The molecule has 1 saturated heterocycles. The van der Waals surface area contributed by atoms with Crippen LogP contribution in [0.2, 0.25) is 0 Å². The van der Waals surface area contributed by atoms with Crippen molar-refractivity contribution in [1.82, 2.24) is 14.8 Å². The molecule has 0 radical (unpaired) electrons. The Balaban J connectivity index is 1.68. The lowest BCUT2D eigenvalue weighted by Gasteiger charge is -2.13. The number of fused-ring (bicyclic) bond motifs is 1. The molecule has 8 nitrogen and oxygen atoms in total. The van der Waals surface area contributed by atoms with Crippen LogP contribution in [-0.2, 0) is 9.84 Å². The SMILES string of the molecule is COc1ccc(-c2cc(C(=O)Nc3cc(C)ccc3C)c3c(C)nn(C4CCS(=O)(=O)C4)c3n2)cc1. The summed E-state index contributed by atoms with van der Waals surface area (Å²) in [6.07, 6.45) is 0.469. The average molecular weight is 505 g/mol. The van der Waals surface area contributed by atoms with Crippen LogP contribution in [-0.4, -0.2) is 47.7 Å². The Morgan fingerprint density at radius 3 is 2.50 bits per heavy atom. The Bertz CT molecular complexity index is 1590. The van der Waals surface area contributed by atoms with Gasteiger partial charge in [0, 0.05) is 11.3 Å².